The highest BCUT2D eigenvalue weighted by Crippen LogP contribution is 2.32. The van der Waals surface area contributed by atoms with Crippen LogP contribution in [0.5, 0.6) is 0 Å². The number of aromatic nitrogens is 10. The number of imidazole rings is 5. The van der Waals surface area contributed by atoms with Crippen LogP contribution in [0, 0.1) is 5.92 Å². The monoisotopic (exact) mass is 1440 g/mol. The van der Waals surface area contributed by atoms with E-state index in [1.54, 1.807) is 133 Å². The van der Waals surface area contributed by atoms with Crippen LogP contribution in [0.3, 0.4) is 0 Å². The molecule has 0 fully saturated rings. The maximum Gasteiger partial charge on any atom is 0.401 e. The first kappa shape index (κ1) is 92.1. The van der Waals surface area contributed by atoms with E-state index in [4.69, 9.17) is 4.55 Å². The Morgan fingerprint density at radius 1 is 0.463 bits per heavy atom. The summed E-state index contributed by atoms with van der Waals surface area (Å²) in [6.07, 6.45) is 25.4. The molecule has 32 heteroatoms. The Hall–Kier alpha value is -7.11. The summed E-state index contributed by atoms with van der Waals surface area (Å²) in [5, 5.41) is 0. The standard InChI is InChI=1S/C14H18N2O3S.C13H16N2O6S2.C13H16N2O3S.C9H15N2O.C8H14N2O4S.6CH4/c1-11(2)12-4-5-13(14(8-12)20(17,18)19)9-16-7-6-15(3)10-16;1-9(2)10-6-11(22(16,17)18)13(12(7-10)23(19,20)21)15-5-4-14(3)8-15;1-10(2)11-4-5-12(13(8-11)19(16,17)18)15-7-6-14(3)9-15;1-8(2)11-5-4-10(7-11)6-9(3)12;1-7(2)8(14-15(11,12)13)10-5-4-9(3)6-10;;;;;;/h4-8,10-11H,9H2,1-3H3;4-9H,1-3H3,(H-,16,17,18,19,20,21);4-10H,1-3H3;4-5,7-8H,6H2,1-3H3;4-8H,1-3H3;6*1H4/q;;;+1;;;;;;;/p+4. The van der Waals surface area contributed by atoms with Crippen LogP contribution in [0.15, 0.2) is 162 Å². The summed E-state index contributed by atoms with van der Waals surface area (Å²) < 4.78 is 183. The number of hydrogen-bond donors (Lipinski definition) is 5. The van der Waals surface area contributed by atoms with Gasteiger partial charge in [-0.1, -0.05) is 118 Å². The molecule has 1 atom stereocenters. The second-order valence-electron chi connectivity index (χ2n) is 22.6. The van der Waals surface area contributed by atoms with Gasteiger partial charge in [-0.2, -0.15) is 46.7 Å². The topological polar surface area (TPSA) is 342 Å². The van der Waals surface area contributed by atoms with Crippen molar-refractivity contribution in [3.05, 3.63) is 164 Å². The summed E-state index contributed by atoms with van der Waals surface area (Å²) in [5.41, 5.74) is 2.79. The fourth-order valence-corrected chi connectivity index (χ4v) is 12.1. The lowest BCUT2D eigenvalue weighted by Gasteiger charge is -2.15. The number of carbonyl (C=O) groups excluding carboxylic acids is 1. The maximum atomic E-state index is 11.7. The fraction of sp³-hybridized carbons (Fsp3) is 0.460. The minimum absolute atomic E-state index is 0. The zero-order chi connectivity index (χ0) is 67.5. The predicted octanol–water partition coefficient (Wildman–Crippen LogP) is 9.37. The van der Waals surface area contributed by atoms with Crippen molar-refractivity contribution in [3.8, 4) is 11.4 Å². The van der Waals surface area contributed by atoms with E-state index in [-0.39, 0.29) is 89.5 Å². The molecule has 0 spiro atoms. The van der Waals surface area contributed by atoms with Gasteiger partial charge in [0.15, 0.2) is 17.2 Å². The SMILES string of the molecule is C.C.C.C.C.C.CC(=O)C[n+]1ccn(C(C)C)c1.CC(C)C(OS(=O)(=O)O)n1cc[n+](C)c1.CC(C)c1cc(S(=O)(=O)O)c(-n2cc[n+](C)c2)c(S(=O)(=O)O)c1.CC(C)c1ccc(-n2cc[n+](C)c2)c(S(=O)(=O)O)c1.CC(C)c1ccc(Cn2cc[n+](C)c2)c(S(=O)(=O)O)c1. The lowest BCUT2D eigenvalue weighted by Crippen LogP contribution is -2.34. The minimum atomic E-state index is -4.72. The van der Waals surface area contributed by atoms with Crippen LogP contribution in [0.25, 0.3) is 11.4 Å². The Kier molecular flexibility index (Phi) is 36.8. The lowest BCUT2D eigenvalue weighted by atomic mass is 10.0. The number of Topliss-reactive ketones (excluding diaryl/α,β-unsaturated/α-hetero) is 1. The average Bonchev–Trinajstić information content (AvgIpc) is 1.62. The van der Waals surface area contributed by atoms with Crippen molar-refractivity contribution < 1.29 is 96.7 Å². The third-order valence-corrected chi connectivity index (χ3v) is 17.1. The van der Waals surface area contributed by atoms with Crippen molar-refractivity contribution in [2.24, 2.45) is 34.1 Å². The van der Waals surface area contributed by atoms with Gasteiger partial charge in [-0.15, -0.1) is 0 Å². The van der Waals surface area contributed by atoms with Gasteiger partial charge in [0.25, 0.3) is 40.5 Å². The van der Waals surface area contributed by atoms with Gasteiger partial charge < -0.3 is 0 Å². The summed E-state index contributed by atoms with van der Waals surface area (Å²) in [6.45, 7) is 21.6. The number of carbonyl (C=O) groups is 1. The Morgan fingerprint density at radius 2 is 0.863 bits per heavy atom. The molecule has 3 aromatic carbocycles. The van der Waals surface area contributed by atoms with Crippen molar-refractivity contribution in [1.29, 1.82) is 0 Å². The van der Waals surface area contributed by atoms with Gasteiger partial charge in [0.2, 0.25) is 37.9 Å². The molecule has 0 amide bonds. The van der Waals surface area contributed by atoms with Crippen molar-refractivity contribution >= 4 is 56.7 Å². The van der Waals surface area contributed by atoms with E-state index in [2.05, 4.69) is 22.6 Å². The number of rotatable bonds is 18. The van der Waals surface area contributed by atoms with Crippen LogP contribution in [0.2, 0.25) is 0 Å². The second-order valence-corrected chi connectivity index (χ2v) is 29.2. The van der Waals surface area contributed by atoms with Crippen molar-refractivity contribution in [2.45, 2.75) is 183 Å². The van der Waals surface area contributed by atoms with Gasteiger partial charge in [-0.25, -0.2) is 45.3 Å². The summed E-state index contributed by atoms with van der Waals surface area (Å²) in [4.78, 5) is 9.49. The third kappa shape index (κ3) is 28.2. The lowest BCUT2D eigenvalue weighted by molar-refractivity contribution is -0.683. The molecule has 0 saturated carbocycles. The minimum Gasteiger partial charge on any atom is -0.296 e. The van der Waals surface area contributed by atoms with Gasteiger partial charge in [-0.3, -0.25) is 27.6 Å². The Labute approximate surface area is 566 Å². The molecule has 5 N–H and O–H groups in total. The number of nitrogens with zero attached hydrogens (tertiary/aromatic N) is 10. The molecule has 0 saturated heterocycles. The van der Waals surface area contributed by atoms with E-state index < -0.39 is 66.9 Å². The normalized spacial score (nSPS) is 11.7. The fourth-order valence-electron chi connectivity index (χ4n) is 8.48. The third-order valence-electron chi connectivity index (χ3n) is 13.1. The van der Waals surface area contributed by atoms with Crippen LogP contribution in [0.4, 0.5) is 0 Å². The molecule has 95 heavy (non-hydrogen) atoms. The number of benzene rings is 3. The number of aryl methyl sites for hydroxylation is 4. The quantitative estimate of drug-likeness (QED) is 0.0394. The first-order valence-corrected chi connectivity index (χ1v) is 34.7. The van der Waals surface area contributed by atoms with E-state index in [1.807, 2.05) is 105 Å². The Morgan fingerprint density at radius 3 is 1.22 bits per heavy atom. The van der Waals surface area contributed by atoms with E-state index >= 15 is 0 Å². The average molecular weight is 1440 g/mol. The summed E-state index contributed by atoms with van der Waals surface area (Å²) in [6, 6.07) is 13.2. The van der Waals surface area contributed by atoms with E-state index in [9.17, 15) is 65.1 Å². The van der Waals surface area contributed by atoms with Gasteiger partial charge >= 0.3 is 10.4 Å². The van der Waals surface area contributed by atoms with E-state index in [0.717, 1.165) is 11.1 Å². The first-order valence-electron chi connectivity index (χ1n) is 27.5. The summed E-state index contributed by atoms with van der Waals surface area (Å²) >= 11 is 0. The second kappa shape index (κ2) is 38.0. The Balaban J connectivity index is -0.00000111. The smallest absolute Gasteiger partial charge is 0.296 e. The molecule has 8 rings (SSSR count). The van der Waals surface area contributed by atoms with Gasteiger partial charge in [0.1, 0.15) is 94.6 Å². The van der Waals surface area contributed by atoms with Gasteiger partial charge in [0, 0.05) is 11.5 Å². The van der Waals surface area contributed by atoms with E-state index in [1.165, 1.54) is 35.3 Å². The molecule has 0 aliphatic carbocycles. The molecule has 0 radical (unpaired) electrons. The van der Waals surface area contributed by atoms with Crippen LogP contribution >= 0.6 is 0 Å². The largest absolute Gasteiger partial charge is 0.401 e. The molecule has 5 heterocycles. The molecule has 27 nitrogen and oxygen atoms in total. The molecule has 5 aromatic heterocycles. The molecule has 0 aliphatic rings. The highest BCUT2D eigenvalue weighted by Gasteiger charge is 2.32. The molecular weight excluding hydrogens is 1330 g/mol. The van der Waals surface area contributed by atoms with Crippen molar-refractivity contribution in [3.63, 3.8) is 0 Å². The van der Waals surface area contributed by atoms with Gasteiger partial charge in [0.05, 0.1) is 34.2 Å². The predicted molar refractivity (Wildman–Crippen MR) is 365 cm³/mol. The molecule has 0 aliphatic heterocycles. The van der Waals surface area contributed by atoms with Crippen LogP contribution in [-0.4, -0.2) is 93.5 Å². The molecule has 536 valence electrons. The molecule has 1 unspecified atom stereocenters. The van der Waals surface area contributed by atoms with Gasteiger partial charge in [-0.05, 0) is 85.5 Å². The molecular formula is C63H107N10O17S5+5. The highest BCUT2D eigenvalue weighted by molar-refractivity contribution is 7.87. The summed E-state index contributed by atoms with van der Waals surface area (Å²) in [5.74, 6) is 0.274. The highest BCUT2D eigenvalue weighted by atomic mass is 32.3. The van der Waals surface area contributed by atoms with Crippen LogP contribution in [0.1, 0.15) is 173 Å². The molecule has 0 bridgehead atoms. The number of hydrogen-bond acceptors (Lipinski definition) is 12. The van der Waals surface area contributed by atoms with Crippen LogP contribution in [-0.2, 0) is 101 Å². The first-order chi connectivity index (χ1) is 40.9. The number of ketones is 1. The van der Waals surface area contributed by atoms with Crippen molar-refractivity contribution in [1.82, 2.24) is 22.8 Å². The van der Waals surface area contributed by atoms with Crippen molar-refractivity contribution in [2.75, 3.05) is 0 Å². The zero-order valence-corrected chi connectivity index (χ0v) is 56.4. The Bertz CT molecular complexity index is 4260. The van der Waals surface area contributed by atoms with E-state index in [0.29, 0.717) is 35.9 Å². The zero-order valence-electron chi connectivity index (χ0n) is 52.3. The maximum absolute atomic E-state index is 11.7. The summed E-state index contributed by atoms with van der Waals surface area (Å²) in [7, 11) is -15.2. The van der Waals surface area contributed by atoms with Crippen LogP contribution < -0.4 is 22.8 Å². The molecule has 8 aromatic rings.